The molecule has 1 aliphatic rings. The van der Waals surface area contributed by atoms with E-state index in [-0.39, 0.29) is 18.4 Å². The van der Waals surface area contributed by atoms with Crippen LogP contribution in [0.1, 0.15) is 17.3 Å². The summed E-state index contributed by atoms with van der Waals surface area (Å²) in [5.74, 6) is -2.18. The zero-order valence-electron chi connectivity index (χ0n) is 9.95. The van der Waals surface area contributed by atoms with Crippen molar-refractivity contribution in [3.63, 3.8) is 0 Å². The standard InChI is InChI=1S/C12H14F2N2O.ClH/c1-8-7-16(6-5-15-8)12(17)11-9(13)3-2-4-10(11)14;/h2-4,8,15H,5-7H2,1H3;1H/t8-;/m1./s1. The van der Waals surface area contributed by atoms with E-state index in [9.17, 15) is 13.6 Å². The van der Waals surface area contributed by atoms with Gasteiger partial charge in [0.2, 0.25) is 0 Å². The fraction of sp³-hybridized carbons (Fsp3) is 0.417. The van der Waals surface area contributed by atoms with E-state index >= 15 is 0 Å². The van der Waals surface area contributed by atoms with E-state index in [1.807, 2.05) is 6.92 Å². The van der Waals surface area contributed by atoms with Gasteiger partial charge in [-0.15, -0.1) is 12.4 Å². The highest BCUT2D eigenvalue weighted by atomic mass is 35.5. The summed E-state index contributed by atoms with van der Waals surface area (Å²) in [6.45, 7) is 3.50. The van der Waals surface area contributed by atoms with Gasteiger partial charge < -0.3 is 10.2 Å². The quantitative estimate of drug-likeness (QED) is 0.849. The molecule has 1 saturated heterocycles. The lowest BCUT2D eigenvalue weighted by Crippen LogP contribution is -2.51. The highest BCUT2D eigenvalue weighted by Crippen LogP contribution is 2.15. The van der Waals surface area contributed by atoms with Crippen molar-refractivity contribution < 1.29 is 13.6 Å². The first-order valence-electron chi connectivity index (χ1n) is 5.56. The topological polar surface area (TPSA) is 32.3 Å². The molecule has 0 aromatic heterocycles. The van der Waals surface area contributed by atoms with Gasteiger partial charge in [0.1, 0.15) is 17.2 Å². The fourth-order valence-electron chi connectivity index (χ4n) is 1.98. The summed E-state index contributed by atoms with van der Waals surface area (Å²) in [5.41, 5.74) is -0.457. The van der Waals surface area contributed by atoms with Crippen LogP contribution in [0.2, 0.25) is 0 Å². The second kappa shape index (κ2) is 6.11. The minimum absolute atomic E-state index is 0. The monoisotopic (exact) mass is 276 g/mol. The number of hydrogen-bond acceptors (Lipinski definition) is 2. The van der Waals surface area contributed by atoms with Crippen LogP contribution in [0.25, 0.3) is 0 Å². The lowest BCUT2D eigenvalue weighted by Gasteiger charge is -2.32. The number of amides is 1. The number of halogens is 3. The number of nitrogens with one attached hydrogen (secondary N) is 1. The minimum Gasteiger partial charge on any atom is -0.336 e. The van der Waals surface area contributed by atoms with Crippen molar-refractivity contribution in [3.8, 4) is 0 Å². The average molecular weight is 277 g/mol. The Hall–Kier alpha value is -1.20. The van der Waals surface area contributed by atoms with Crippen LogP contribution in [-0.4, -0.2) is 36.5 Å². The Morgan fingerprint density at radius 1 is 1.39 bits per heavy atom. The van der Waals surface area contributed by atoms with Crippen LogP contribution in [0.15, 0.2) is 18.2 Å². The second-order valence-electron chi connectivity index (χ2n) is 4.20. The molecule has 100 valence electrons. The van der Waals surface area contributed by atoms with Crippen LogP contribution in [0, 0.1) is 11.6 Å². The third kappa shape index (κ3) is 2.97. The van der Waals surface area contributed by atoms with Gasteiger partial charge in [-0.3, -0.25) is 4.79 Å². The molecule has 6 heteroatoms. The summed E-state index contributed by atoms with van der Waals surface area (Å²) < 4.78 is 26.9. The lowest BCUT2D eigenvalue weighted by atomic mass is 10.1. The maximum atomic E-state index is 13.4. The third-order valence-corrected chi connectivity index (χ3v) is 2.83. The van der Waals surface area contributed by atoms with E-state index < -0.39 is 23.1 Å². The van der Waals surface area contributed by atoms with Gasteiger partial charge in [0.15, 0.2) is 0 Å². The first-order chi connectivity index (χ1) is 8.09. The molecule has 2 rings (SSSR count). The predicted octanol–water partition coefficient (Wildman–Crippen LogP) is 1.82. The Bertz CT molecular complexity index is 422. The van der Waals surface area contributed by atoms with Gasteiger partial charge in [-0.05, 0) is 19.1 Å². The molecule has 0 saturated carbocycles. The molecule has 1 fully saturated rings. The van der Waals surface area contributed by atoms with Gasteiger partial charge in [0.05, 0.1) is 0 Å². The van der Waals surface area contributed by atoms with Crippen LogP contribution >= 0.6 is 12.4 Å². The Labute approximate surface area is 111 Å². The van der Waals surface area contributed by atoms with Crippen molar-refractivity contribution in [1.82, 2.24) is 10.2 Å². The smallest absolute Gasteiger partial charge is 0.259 e. The molecule has 1 heterocycles. The van der Waals surface area contributed by atoms with E-state index in [0.717, 1.165) is 12.1 Å². The first kappa shape index (κ1) is 14.9. The molecule has 0 aliphatic carbocycles. The van der Waals surface area contributed by atoms with Crippen molar-refractivity contribution in [2.24, 2.45) is 0 Å². The third-order valence-electron chi connectivity index (χ3n) is 2.83. The highest BCUT2D eigenvalue weighted by molar-refractivity contribution is 5.94. The molecule has 0 bridgehead atoms. The summed E-state index contributed by atoms with van der Waals surface area (Å²) >= 11 is 0. The molecule has 1 atom stereocenters. The maximum absolute atomic E-state index is 13.4. The SMILES string of the molecule is C[C@@H]1CN(C(=O)c2c(F)cccc2F)CCN1.Cl. The highest BCUT2D eigenvalue weighted by Gasteiger charge is 2.26. The molecule has 18 heavy (non-hydrogen) atoms. The van der Waals surface area contributed by atoms with E-state index in [0.29, 0.717) is 19.6 Å². The van der Waals surface area contributed by atoms with Gasteiger partial charge >= 0.3 is 0 Å². The van der Waals surface area contributed by atoms with Gasteiger partial charge in [0, 0.05) is 25.7 Å². The van der Waals surface area contributed by atoms with Gasteiger partial charge in [0.25, 0.3) is 5.91 Å². The van der Waals surface area contributed by atoms with Gasteiger partial charge in [-0.2, -0.15) is 0 Å². The Morgan fingerprint density at radius 3 is 2.56 bits per heavy atom. The van der Waals surface area contributed by atoms with Gasteiger partial charge in [-0.25, -0.2) is 8.78 Å². The molecule has 1 aliphatic heterocycles. The molecule has 1 aromatic carbocycles. The number of carbonyl (C=O) groups excluding carboxylic acids is 1. The summed E-state index contributed by atoms with van der Waals surface area (Å²) in [4.78, 5) is 13.5. The molecule has 0 spiro atoms. The Morgan fingerprint density at radius 2 is 2.00 bits per heavy atom. The van der Waals surface area contributed by atoms with Crippen LogP contribution in [0.4, 0.5) is 8.78 Å². The number of nitrogens with zero attached hydrogens (tertiary/aromatic N) is 1. The number of piperazine rings is 1. The predicted molar refractivity (Wildman–Crippen MR) is 67.0 cm³/mol. The molecule has 0 radical (unpaired) electrons. The van der Waals surface area contributed by atoms with E-state index in [1.165, 1.54) is 11.0 Å². The Kier molecular flexibility index (Phi) is 5.04. The van der Waals surface area contributed by atoms with Crippen molar-refractivity contribution in [1.29, 1.82) is 0 Å². The largest absolute Gasteiger partial charge is 0.336 e. The summed E-state index contributed by atoms with van der Waals surface area (Å²) in [6.07, 6.45) is 0. The van der Waals surface area contributed by atoms with Crippen LogP contribution in [0.5, 0.6) is 0 Å². The number of rotatable bonds is 1. The summed E-state index contributed by atoms with van der Waals surface area (Å²) in [6, 6.07) is 3.59. The normalized spacial score (nSPS) is 19.3. The first-order valence-corrected chi connectivity index (χ1v) is 5.56. The number of carbonyl (C=O) groups is 1. The van der Waals surface area contributed by atoms with Crippen molar-refractivity contribution in [2.75, 3.05) is 19.6 Å². The minimum atomic E-state index is -0.804. The van der Waals surface area contributed by atoms with Crippen LogP contribution in [0.3, 0.4) is 0 Å². The van der Waals surface area contributed by atoms with E-state index in [4.69, 9.17) is 0 Å². The molecule has 3 nitrogen and oxygen atoms in total. The molecule has 1 amide bonds. The lowest BCUT2D eigenvalue weighted by molar-refractivity contribution is 0.0699. The molecule has 1 aromatic rings. The number of hydrogen-bond donors (Lipinski definition) is 1. The van der Waals surface area contributed by atoms with Gasteiger partial charge in [-0.1, -0.05) is 6.07 Å². The maximum Gasteiger partial charge on any atom is 0.259 e. The van der Waals surface area contributed by atoms with E-state index in [1.54, 1.807) is 0 Å². The molecule has 0 unspecified atom stereocenters. The van der Waals surface area contributed by atoms with Crippen molar-refractivity contribution >= 4 is 18.3 Å². The second-order valence-corrected chi connectivity index (χ2v) is 4.20. The van der Waals surface area contributed by atoms with Crippen molar-refractivity contribution in [2.45, 2.75) is 13.0 Å². The zero-order valence-corrected chi connectivity index (χ0v) is 10.8. The average Bonchev–Trinajstić information content (AvgIpc) is 2.28. The van der Waals surface area contributed by atoms with Crippen molar-refractivity contribution in [3.05, 3.63) is 35.4 Å². The van der Waals surface area contributed by atoms with E-state index in [2.05, 4.69) is 5.32 Å². The molecule has 1 N–H and O–H groups in total. The fourth-order valence-corrected chi connectivity index (χ4v) is 1.98. The zero-order chi connectivity index (χ0) is 12.4. The number of benzene rings is 1. The molecular formula is C12H15ClF2N2O. The summed E-state index contributed by atoms with van der Waals surface area (Å²) in [7, 11) is 0. The van der Waals surface area contributed by atoms with Crippen LogP contribution < -0.4 is 5.32 Å². The Balaban J connectivity index is 0.00000162. The molecular weight excluding hydrogens is 262 g/mol. The van der Waals surface area contributed by atoms with Crippen LogP contribution in [-0.2, 0) is 0 Å². The summed E-state index contributed by atoms with van der Waals surface area (Å²) in [5, 5.41) is 3.17.